The van der Waals surface area contributed by atoms with Gasteiger partial charge in [0.25, 0.3) is 12.3 Å². The third kappa shape index (κ3) is 1.69. The summed E-state index contributed by atoms with van der Waals surface area (Å²) in [5, 5.41) is 0.501. The molecule has 0 aliphatic carbocycles. The fourth-order valence-corrected chi connectivity index (χ4v) is 1.38. The maximum atomic E-state index is 12.6. The maximum absolute atomic E-state index is 12.6. The molecule has 0 bridgehead atoms. The van der Waals surface area contributed by atoms with Crippen LogP contribution in [-0.2, 0) is 0 Å². The number of carbonyl (C=O) groups excluding carboxylic acids is 1. The number of aromatic nitrogens is 2. The summed E-state index contributed by atoms with van der Waals surface area (Å²) in [7, 11) is 0. The maximum Gasteiger partial charge on any atom is 0.281 e. The summed E-state index contributed by atoms with van der Waals surface area (Å²) in [6.07, 6.45) is -1.41. The number of hydrogen-bond acceptors (Lipinski definition) is 3. The molecule has 2 N–H and O–H groups in total. The lowest BCUT2D eigenvalue weighted by atomic mass is 10.1. The van der Waals surface area contributed by atoms with E-state index in [-0.39, 0.29) is 11.2 Å². The van der Waals surface area contributed by atoms with Gasteiger partial charge < -0.3 is 5.73 Å². The van der Waals surface area contributed by atoms with Gasteiger partial charge in [0.05, 0.1) is 5.56 Å². The van der Waals surface area contributed by atoms with Crippen LogP contribution in [0, 0.1) is 0 Å². The number of pyridine rings is 2. The summed E-state index contributed by atoms with van der Waals surface area (Å²) in [5.74, 6) is -0.923. The highest BCUT2D eigenvalue weighted by Gasteiger charge is 2.19. The summed E-state index contributed by atoms with van der Waals surface area (Å²) < 4.78 is 25.2. The van der Waals surface area contributed by atoms with Gasteiger partial charge in [-0.2, -0.15) is 0 Å². The molecule has 16 heavy (non-hydrogen) atoms. The largest absolute Gasteiger partial charge is 0.366 e. The lowest BCUT2D eigenvalue weighted by Crippen LogP contribution is -2.15. The van der Waals surface area contributed by atoms with Crippen LogP contribution in [0.25, 0.3) is 11.0 Å². The third-order valence-corrected chi connectivity index (χ3v) is 2.09. The van der Waals surface area contributed by atoms with Crippen molar-refractivity contribution in [2.75, 3.05) is 0 Å². The number of nitrogens with two attached hydrogens (primary N) is 1. The van der Waals surface area contributed by atoms with Crippen molar-refractivity contribution in [1.29, 1.82) is 0 Å². The van der Waals surface area contributed by atoms with Gasteiger partial charge in [0.15, 0.2) is 5.65 Å². The predicted molar refractivity (Wildman–Crippen MR) is 53.0 cm³/mol. The summed E-state index contributed by atoms with van der Waals surface area (Å²) in [6.45, 7) is 0. The van der Waals surface area contributed by atoms with Crippen molar-refractivity contribution in [2.45, 2.75) is 6.43 Å². The smallest absolute Gasteiger partial charge is 0.281 e. The molecule has 0 saturated carbocycles. The molecule has 0 aromatic carbocycles. The molecule has 82 valence electrons. The zero-order valence-electron chi connectivity index (χ0n) is 8.02. The Hall–Kier alpha value is -2.11. The number of alkyl halides is 2. The van der Waals surface area contributed by atoms with E-state index >= 15 is 0 Å². The van der Waals surface area contributed by atoms with Crippen molar-refractivity contribution >= 4 is 16.9 Å². The van der Waals surface area contributed by atoms with E-state index in [0.717, 1.165) is 0 Å². The molecular formula is C10H7F2N3O. The fourth-order valence-electron chi connectivity index (χ4n) is 1.38. The number of halogens is 2. The third-order valence-electron chi connectivity index (χ3n) is 2.09. The Labute approximate surface area is 89.1 Å². The van der Waals surface area contributed by atoms with Gasteiger partial charge in [-0.05, 0) is 18.2 Å². The zero-order chi connectivity index (χ0) is 11.7. The van der Waals surface area contributed by atoms with E-state index < -0.39 is 18.0 Å². The Morgan fingerprint density at radius 3 is 2.81 bits per heavy atom. The minimum atomic E-state index is -2.85. The number of carbonyl (C=O) groups is 1. The molecule has 2 rings (SSSR count). The van der Waals surface area contributed by atoms with Crippen LogP contribution in [0.15, 0.2) is 24.4 Å². The number of hydrogen-bond donors (Lipinski definition) is 1. The summed E-state index contributed by atoms with van der Waals surface area (Å²) in [5.41, 5.74) is 4.29. The second-order valence-corrected chi connectivity index (χ2v) is 3.14. The fraction of sp³-hybridized carbons (Fsp3) is 0.100. The van der Waals surface area contributed by atoms with Crippen molar-refractivity contribution in [2.24, 2.45) is 5.73 Å². The van der Waals surface area contributed by atoms with Gasteiger partial charge in [-0.1, -0.05) is 0 Å². The lowest BCUT2D eigenvalue weighted by molar-refractivity contribution is 0.0983. The minimum Gasteiger partial charge on any atom is -0.366 e. The van der Waals surface area contributed by atoms with Gasteiger partial charge in [-0.3, -0.25) is 4.79 Å². The van der Waals surface area contributed by atoms with Crippen LogP contribution >= 0.6 is 0 Å². The highest BCUT2D eigenvalue weighted by molar-refractivity contribution is 5.97. The Bertz CT molecular complexity index is 557. The van der Waals surface area contributed by atoms with Gasteiger partial charge in [0.1, 0.15) is 5.69 Å². The van der Waals surface area contributed by atoms with E-state index in [1.807, 2.05) is 0 Å². The predicted octanol–water partition coefficient (Wildman–Crippen LogP) is 1.67. The number of primary amides is 1. The molecule has 4 nitrogen and oxygen atoms in total. The lowest BCUT2D eigenvalue weighted by Gasteiger charge is -2.06. The molecule has 2 aromatic heterocycles. The van der Waals surface area contributed by atoms with E-state index in [1.165, 1.54) is 12.3 Å². The number of rotatable bonds is 2. The van der Waals surface area contributed by atoms with E-state index in [2.05, 4.69) is 9.97 Å². The van der Waals surface area contributed by atoms with Crippen molar-refractivity contribution in [3.05, 3.63) is 35.7 Å². The van der Waals surface area contributed by atoms with Crippen LogP contribution in [-0.4, -0.2) is 15.9 Å². The molecule has 2 aromatic rings. The highest BCUT2D eigenvalue weighted by atomic mass is 19.3. The Morgan fingerprint density at radius 2 is 2.19 bits per heavy atom. The Morgan fingerprint density at radius 1 is 1.44 bits per heavy atom. The topological polar surface area (TPSA) is 68.9 Å². The molecule has 0 fully saturated rings. The zero-order valence-corrected chi connectivity index (χ0v) is 8.02. The number of nitrogens with zero attached hydrogens (tertiary/aromatic N) is 2. The normalized spacial score (nSPS) is 10.9. The van der Waals surface area contributed by atoms with Crippen LogP contribution < -0.4 is 5.73 Å². The quantitative estimate of drug-likeness (QED) is 0.841. The first kappa shape index (κ1) is 10.4. The molecule has 0 radical (unpaired) electrons. The first-order valence-electron chi connectivity index (χ1n) is 4.43. The van der Waals surface area contributed by atoms with Crippen molar-refractivity contribution in [1.82, 2.24) is 9.97 Å². The number of fused-ring (bicyclic) bond motifs is 1. The van der Waals surface area contributed by atoms with Gasteiger partial charge in [-0.25, -0.2) is 18.7 Å². The molecular weight excluding hydrogens is 216 g/mol. The molecule has 0 atom stereocenters. The minimum absolute atomic E-state index is 0.169. The highest BCUT2D eigenvalue weighted by Crippen LogP contribution is 2.23. The van der Waals surface area contributed by atoms with E-state index in [0.29, 0.717) is 5.39 Å². The van der Waals surface area contributed by atoms with Gasteiger partial charge in [-0.15, -0.1) is 0 Å². The monoisotopic (exact) mass is 223 g/mol. The SMILES string of the molecule is NC(=O)c1cc2cccnc2nc1C(F)F. The Kier molecular flexibility index (Phi) is 2.47. The number of amides is 1. The van der Waals surface area contributed by atoms with Crippen LogP contribution in [0.2, 0.25) is 0 Å². The van der Waals surface area contributed by atoms with Gasteiger partial charge >= 0.3 is 0 Å². The van der Waals surface area contributed by atoms with Crippen LogP contribution in [0.4, 0.5) is 8.78 Å². The Balaban J connectivity index is 2.76. The second kappa shape index (κ2) is 3.80. The average Bonchev–Trinajstić information content (AvgIpc) is 2.27. The summed E-state index contributed by atoms with van der Waals surface area (Å²) in [6, 6.07) is 4.52. The average molecular weight is 223 g/mol. The molecule has 0 spiro atoms. The van der Waals surface area contributed by atoms with E-state index in [4.69, 9.17) is 5.73 Å². The molecule has 1 amide bonds. The van der Waals surface area contributed by atoms with E-state index in [9.17, 15) is 13.6 Å². The molecule has 2 heterocycles. The van der Waals surface area contributed by atoms with Crippen LogP contribution in [0.1, 0.15) is 22.5 Å². The molecule has 0 unspecified atom stereocenters. The standard InChI is InChI=1S/C10H7F2N3O/c11-8(12)7-6(9(13)16)4-5-2-1-3-14-10(5)15-7/h1-4,8H,(H2,13,16). The summed E-state index contributed by atoms with van der Waals surface area (Å²) >= 11 is 0. The van der Waals surface area contributed by atoms with Gasteiger partial charge in [0.2, 0.25) is 0 Å². The first-order valence-corrected chi connectivity index (χ1v) is 4.43. The van der Waals surface area contributed by atoms with Crippen molar-refractivity contribution in [3.8, 4) is 0 Å². The van der Waals surface area contributed by atoms with Crippen LogP contribution in [0.3, 0.4) is 0 Å². The molecule has 0 aliphatic heterocycles. The van der Waals surface area contributed by atoms with Crippen molar-refractivity contribution in [3.63, 3.8) is 0 Å². The molecule has 0 aliphatic rings. The van der Waals surface area contributed by atoms with Gasteiger partial charge in [0, 0.05) is 11.6 Å². The molecule has 0 saturated heterocycles. The van der Waals surface area contributed by atoms with E-state index in [1.54, 1.807) is 12.1 Å². The summed E-state index contributed by atoms with van der Waals surface area (Å²) in [4.78, 5) is 18.5. The second-order valence-electron chi connectivity index (χ2n) is 3.14. The molecule has 6 heteroatoms. The first-order chi connectivity index (χ1) is 7.59. The van der Waals surface area contributed by atoms with Crippen LogP contribution in [0.5, 0.6) is 0 Å². The van der Waals surface area contributed by atoms with Crippen molar-refractivity contribution < 1.29 is 13.6 Å².